The molecule has 0 bridgehead atoms. The van der Waals surface area contributed by atoms with Crippen molar-refractivity contribution in [3.05, 3.63) is 34.4 Å². The molecule has 1 aromatic carbocycles. The van der Waals surface area contributed by atoms with Crippen molar-refractivity contribution in [3.63, 3.8) is 0 Å². The highest BCUT2D eigenvalue weighted by Crippen LogP contribution is 2.26. The summed E-state index contributed by atoms with van der Waals surface area (Å²) in [6.45, 7) is 9.23. The highest BCUT2D eigenvalue weighted by molar-refractivity contribution is 7.93. The summed E-state index contributed by atoms with van der Waals surface area (Å²) in [5.74, 6) is -0.691. The van der Waals surface area contributed by atoms with Gasteiger partial charge in [0.25, 0.3) is 0 Å². The SMILES string of the molecule is CC(C)(C)CCCC(=O)O.CSO.Cc1cc(CN)cc2c1CCC2. The zero-order chi connectivity index (χ0) is 19.5. The molecule has 5 heteroatoms. The topological polar surface area (TPSA) is 83.5 Å². The Balaban J connectivity index is 0.000000406. The van der Waals surface area contributed by atoms with Crippen LogP contribution in [0.3, 0.4) is 0 Å². The molecule has 0 spiro atoms. The van der Waals surface area contributed by atoms with Crippen LogP contribution in [0, 0.1) is 12.3 Å². The van der Waals surface area contributed by atoms with Gasteiger partial charge in [0.2, 0.25) is 0 Å². The van der Waals surface area contributed by atoms with Crippen LogP contribution >= 0.6 is 12.0 Å². The van der Waals surface area contributed by atoms with Crippen LogP contribution in [-0.2, 0) is 24.2 Å². The molecule has 0 radical (unpaired) electrons. The molecule has 0 heterocycles. The van der Waals surface area contributed by atoms with E-state index in [9.17, 15) is 4.79 Å². The first-order valence-corrected chi connectivity index (χ1v) is 10.0. The van der Waals surface area contributed by atoms with Crippen LogP contribution in [0.25, 0.3) is 0 Å². The van der Waals surface area contributed by atoms with Crippen LogP contribution < -0.4 is 5.73 Å². The Labute approximate surface area is 157 Å². The Kier molecular flexibility index (Phi) is 11.8. The molecule has 2 rings (SSSR count). The summed E-state index contributed by atoms with van der Waals surface area (Å²) < 4.78 is 7.49. The summed E-state index contributed by atoms with van der Waals surface area (Å²) in [7, 11) is 0. The molecule has 4 nitrogen and oxygen atoms in total. The first-order valence-electron chi connectivity index (χ1n) is 8.85. The molecule has 25 heavy (non-hydrogen) atoms. The van der Waals surface area contributed by atoms with Crippen molar-refractivity contribution in [3.8, 4) is 0 Å². The van der Waals surface area contributed by atoms with Gasteiger partial charge in [0, 0.05) is 19.2 Å². The molecule has 0 saturated carbocycles. The monoisotopic (exact) mass is 369 g/mol. The number of carboxylic acid groups (broad SMARTS) is 1. The molecule has 0 unspecified atom stereocenters. The van der Waals surface area contributed by atoms with Crippen molar-refractivity contribution in [2.24, 2.45) is 11.1 Å². The van der Waals surface area contributed by atoms with E-state index in [0.717, 1.165) is 24.9 Å². The number of carbonyl (C=O) groups is 1. The average Bonchev–Trinajstić information content (AvgIpc) is 2.96. The van der Waals surface area contributed by atoms with Crippen LogP contribution in [0.15, 0.2) is 12.1 Å². The molecule has 1 aliphatic rings. The minimum Gasteiger partial charge on any atom is -0.481 e. The van der Waals surface area contributed by atoms with E-state index < -0.39 is 5.97 Å². The van der Waals surface area contributed by atoms with Crippen molar-refractivity contribution in [2.75, 3.05) is 6.26 Å². The number of hydrogen-bond acceptors (Lipinski definition) is 4. The predicted octanol–water partition coefficient (Wildman–Crippen LogP) is 5.05. The molecule has 0 fully saturated rings. The second kappa shape index (κ2) is 12.3. The predicted molar refractivity (Wildman–Crippen MR) is 108 cm³/mol. The summed E-state index contributed by atoms with van der Waals surface area (Å²) in [6, 6.07) is 4.50. The van der Waals surface area contributed by atoms with Gasteiger partial charge in [0.05, 0.1) is 0 Å². The Morgan fingerprint density at radius 1 is 1.28 bits per heavy atom. The quantitative estimate of drug-likeness (QED) is 0.647. The van der Waals surface area contributed by atoms with Gasteiger partial charge in [-0.15, -0.1) is 0 Å². The van der Waals surface area contributed by atoms with E-state index in [4.69, 9.17) is 15.4 Å². The number of aliphatic carboxylic acids is 1. The normalized spacial score (nSPS) is 12.4. The van der Waals surface area contributed by atoms with E-state index >= 15 is 0 Å². The molecule has 4 N–H and O–H groups in total. The third-order valence-electron chi connectivity index (χ3n) is 4.05. The molecule has 0 aromatic heterocycles. The number of aryl methyl sites for hydroxylation is 2. The van der Waals surface area contributed by atoms with Crippen molar-refractivity contribution >= 4 is 18.0 Å². The smallest absolute Gasteiger partial charge is 0.303 e. The van der Waals surface area contributed by atoms with E-state index in [1.165, 1.54) is 36.0 Å². The van der Waals surface area contributed by atoms with E-state index in [-0.39, 0.29) is 5.41 Å². The molecule has 0 saturated heterocycles. The van der Waals surface area contributed by atoms with Gasteiger partial charge in [0.15, 0.2) is 0 Å². The lowest BCUT2D eigenvalue weighted by Gasteiger charge is -2.16. The Morgan fingerprint density at radius 2 is 1.88 bits per heavy atom. The highest BCUT2D eigenvalue weighted by atomic mass is 32.2. The van der Waals surface area contributed by atoms with Crippen molar-refractivity contribution in [2.45, 2.75) is 72.8 Å². The van der Waals surface area contributed by atoms with Gasteiger partial charge in [-0.05, 0) is 78.7 Å². The first kappa shape index (κ1) is 24.0. The summed E-state index contributed by atoms with van der Waals surface area (Å²) in [5.41, 5.74) is 11.7. The maximum absolute atomic E-state index is 10.1. The number of rotatable bonds is 4. The Hall–Kier alpha value is -1.04. The molecular weight excluding hydrogens is 334 g/mol. The van der Waals surface area contributed by atoms with Gasteiger partial charge in [0.1, 0.15) is 0 Å². The fraction of sp³-hybridized carbons (Fsp3) is 0.650. The Bertz CT molecular complexity index is 524. The highest BCUT2D eigenvalue weighted by Gasteiger charge is 2.13. The van der Waals surface area contributed by atoms with Gasteiger partial charge in [-0.25, -0.2) is 0 Å². The molecular formula is C20H35NO3S. The lowest BCUT2D eigenvalue weighted by molar-refractivity contribution is -0.137. The van der Waals surface area contributed by atoms with Gasteiger partial charge in [-0.1, -0.05) is 32.9 Å². The molecule has 0 atom stereocenters. The first-order chi connectivity index (χ1) is 11.6. The van der Waals surface area contributed by atoms with E-state index in [2.05, 4.69) is 39.8 Å². The fourth-order valence-corrected chi connectivity index (χ4v) is 2.90. The summed E-state index contributed by atoms with van der Waals surface area (Å²) in [4.78, 5) is 10.1. The second-order valence-electron chi connectivity index (χ2n) is 7.60. The third-order valence-corrected chi connectivity index (χ3v) is 4.05. The summed E-state index contributed by atoms with van der Waals surface area (Å²) in [6.07, 6.45) is 7.52. The fourth-order valence-electron chi connectivity index (χ4n) is 2.90. The maximum atomic E-state index is 10.1. The lowest BCUT2D eigenvalue weighted by Crippen LogP contribution is -2.05. The van der Waals surface area contributed by atoms with Crippen LogP contribution in [0.4, 0.5) is 0 Å². The summed E-state index contributed by atoms with van der Waals surface area (Å²) in [5, 5.41) is 8.31. The van der Waals surface area contributed by atoms with Gasteiger partial charge in [-0.2, -0.15) is 0 Å². The minimum atomic E-state index is -0.691. The zero-order valence-corrected chi connectivity index (χ0v) is 17.2. The maximum Gasteiger partial charge on any atom is 0.303 e. The average molecular weight is 370 g/mol. The molecule has 144 valence electrons. The second-order valence-corrected chi connectivity index (χ2v) is 7.96. The van der Waals surface area contributed by atoms with E-state index in [1.807, 2.05) is 0 Å². The molecule has 1 aromatic rings. The Morgan fingerprint density at radius 3 is 2.36 bits per heavy atom. The zero-order valence-electron chi connectivity index (χ0n) is 16.4. The third kappa shape index (κ3) is 11.2. The minimum absolute atomic E-state index is 0.273. The van der Waals surface area contributed by atoms with Crippen molar-refractivity contribution in [1.82, 2.24) is 0 Å². The van der Waals surface area contributed by atoms with Crippen LogP contribution in [0.5, 0.6) is 0 Å². The number of hydrogen-bond donors (Lipinski definition) is 3. The van der Waals surface area contributed by atoms with E-state index in [0.29, 0.717) is 13.0 Å². The number of benzene rings is 1. The number of fused-ring (bicyclic) bond motifs is 1. The molecule has 0 aliphatic heterocycles. The largest absolute Gasteiger partial charge is 0.481 e. The summed E-state index contributed by atoms with van der Waals surface area (Å²) >= 11 is 0.750. The number of carboxylic acids is 1. The van der Waals surface area contributed by atoms with Gasteiger partial charge >= 0.3 is 5.97 Å². The lowest BCUT2D eigenvalue weighted by atomic mass is 9.90. The van der Waals surface area contributed by atoms with Crippen LogP contribution in [0.2, 0.25) is 0 Å². The molecule has 1 aliphatic carbocycles. The number of nitrogens with two attached hydrogens (primary N) is 1. The van der Waals surface area contributed by atoms with Crippen LogP contribution in [0.1, 0.15) is 68.7 Å². The van der Waals surface area contributed by atoms with E-state index in [1.54, 1.807) is 11.8 Å². The van der Waals surface area contributed by atoms with Gasteiger partial charge in [-0.3, -0.25) is 4.79 Å². The molecule has 0 amide bonds. The van der Waals surface area contributed by atoms with Crippen LogP contribution in [-0.4, -0.2) is 21.9 Å². The van der Waals surface area contributed by atoms with Crippen molar-refractivity contribution < 1.29 is 14.5 Å². The standard InChI is InChI=1S/C11H15N.C8H16O2.CH4OS/c1-8-5-9(7-12)6-10-3-2-4-11(8)10;1-8(2,3)6-4-5-7(9)10;1-3-2/h5-6H,2-4,7,12H2,1H3;4-6H2,1-3H3,(H,9,10);2H,1H3. The van der Waals surface area contributed by atoms with Gasteiger partial charge < -0.3 is 15.4 Å². The van der Waals surface area contributed by atoms with Crippen molar-refractivity contribution in [1.29, 1.82) is 0 Å².